The smallest absolute Gasteiger partial charge is 0.342 e. The van der Waals surface area contributed by atoms with Crippen LogP contribution >= 0.6 is 23.2 Å². The molecule has 3 rings (SSSR count). The summed E-state index contributed by atoms with van der Waals surface area (Å²) in [6, 6.07) is 4.99. The molecule has 0 fully saturated rings. The van der Waals surface area contributed by atoms with Crippen LogP contribution in [-0.4, -0.2) is 66.3 Å². The number of aromatic amines is 2. The number of anilines is 1. The van der Waals surface area contributed by atoms with E-state index in [1.54, 1.807) is 32.0 Å². The summed E-state index contributed by atoms with van der Waals surface area (Å²) in [4.78, 5) is 44.0. The predicted octanol–water partition coefficient (Wildman–Crippen LogP) is 2.70. The van der Waals surface area contributed by atoms with Gasteiger partial charge in [0.15, 0.2) is 0 Å². The van der Waals surface area contributed by atoms with Crippen molar-refractivity contribution >= 4 is 46.8 Å². The van der Waals surface area contributed by atoms with Crippen molar-refractivity contribution in [2.75, 3.05) is 38.8 Å². The number of halogens is 2. The number of nitrogens with one attached hydrogen (secondary N) is 3. The molecular weight excluding hydrogens is 501 g/mol. The van der Waals surface area contributed by atoms with Crippen molar-refractivity contribution in [2.45, 2.75) is 19.8 Å². The summed E-state index contributed by atoms with van der Waals surface area (Å²) in [5, 5.41) is 9.35. The van der Waals surface area contributed by atoms with Gasteiger partial charge in [-0.2, -0.15) is 0 Å². The number of carbonyl (C=O) groups excluding carboxylic acids is 2. The lowest BCUT2D eigenvalue weighted by molar-refractivity contribution is -0.144. The van der Waals surface area contributed by atoms with Gasteiger partial charge in [0.05, 0.1) is 48.2 Å². The predicted molar refractivity (Wildman–Crippen MR) is 130 cm³/mol. The Morgan fingerprint density at radius 2 is 2.03 bits per heavy atom. The lowest BCUT2D eigenvalue weighted by Crippen LogP contribution is -2.37. The molecule has 0 amide bonds. The Bertz CT molecular complexity index is 1200. The van der Waals surface area contributed by atoms with Crippen molar-refractivity contribution in [1.29, 1.82) is 0 Å². The summed E-state index contributed by atoms with van der Waals surface area (Å²) in [5.41, 5.74) is 0.901. The molecule has 1 aromatic heterocycles. The van der Waals surface area contributed by atoms with Crippen molar-refractivity contribution in [3.05, 3.63) is 55.6 Å². The number of benzene rings is 1. The molecule has 0 saturated heterocycles. The average Bonchev–Trinajstić information content (AvgIpc) is 3.24. The van der Waals surface area contributed by atoms with Crippen molar-refractivity contribution in [3.8, 4) is 0 Å². The molecule has 3 N–H and O–H groups in total. The highest BCUT2D eigenvalue weighted by Gasteiger charge is 2.44. The number of aromatic nitrogens is 3. The molecule has 0 bridgehead atoms. The quantitative estimate of drug-likeness (QED) is 0.316. The number of rotatable bonds is 10. The van der Waals surface area contributed by atoms with Crippen molar-refractivity contribution in [1.82, 2.24) is 15.2 Å². The highest BCUT2D eigenvalue weighted by Crippen LogP contribution is 2.44. The zero-order valence-corrected chi connectivity index (χ0v) is 20.8. The number of aliphatic imine (C=N–C) groups is 1. The zero-order chi connectivity index (χ0) is 25.5. The summed E-state index contributed by atoms with van der Waals surface area (Å²) < 4.78 is 16.1. The van der Waals surface area contributed by atoms with Gasteiger partial charge in [-0.3, -0.25) is 14.8 Å². The van der Waals surface area contributed by atoms with Gasteiger partial charge in [0.25, 0.3) is 0 Å². The van der Waals surface area contributed by atoms with E-state index < -0.39 is 29.5 Å². The van der Waals surface area contributed by atoms with Crippen LogP contribution in [0.3, 0.4) is 0 Å². The minimum atomic E-state index is -0.919. The van der Waals surface area contributed by atoms with Gasteiger partial charge < -0.3 is 19.5 Å². The molecule has 0 radical (unpaired) electrons. The fourth-order valence-electron chi connectivity index (χ4n) is 3.79. The van der Waals surface area contributed by atoms with E-state index in [1.807, 2.05) is 0 Å². The number of hydrogen-bond donors (Lipinski definition) is 3. The summed E-state index contributed by atoms with van der Waals surface area (Å²) in [5.74, 6) is -2.72. The third-order valence-electron chi connectivity index (χ3n) is 5.26. The summed E-state index contributed by atoms with van der Waals surface area (Å²) in [6.45, 7) is 3.93. The zero-order valence-electron chi connectivity index (χ0n) is 19.3. The Hall–Kier alpha value is -3.15. The van der Waals surface area contributed by atoms with Gasteiger partial charge in [-0.05, 0) is 25.5 Å². The fraction of sp³-hybridized carbons (Fsp3) is 0.409. The first-order valence-electron chi connectivity index (χ1n) is 10.7. The summed E-state index contributed by atoms with van der Waals surface area (Å²) in [6.07, 6.45) is 0. The number of hydrogen-bond acceptors (Lipinski definition) is 9. The van der Waals surface area contributed by atoms with Crippen LogP contribution < -0.4 is 11.0 Å². The van der Waals surface area contributed by atoms with Crippen LogP contribution in [0, 0.1) is 5.92 Å². The average molecular weight is 526 g/mol. The maximum Gasteiger partial charge on any atom is 0.342 e. The van der Waals surface area contributed by atoms with Gasteiger partial charge in [-0.15, -0.1) is 5.10 Å². The second-order valence-corrected chi connectivity index (χ2v) is 8.25. The van der Waals surface area contributed by atoms with E-state index in [-0.39, 0.29) is 41.4 Å². The van der Waals surface area contributed by atoms with Crippen LogP contribution in [-0.2, 0) is 23.8 Å². The van der Waals surface area contributed by atoms with Crippen LogP contribution in [0.15, 0.2) is 39.3 Å². The van der Waals surface area contributed by atoms with Crippen LogP contribution in [0.5, 0.6) is 0 Å². The highest BCUT2D eigenvalue weighted by molar-refractivity contribution is 6.42. The van der Waals surface area contributed by atoms with Crippen LogP contribution in [0.4, 0.5) is 5.95 Å². The van der Waals surface area contributed by atoms with Crippen molar-refractivity contribution in [3.63, 3.8) is 0 Å². The van der Waals surface area contributed by atoms with E-state index in [9.17, 15) is 14.4 Å². The number of methoxy groups -OCH3 is 1. The lowest BCUT2D eigenvalue weighted by Gasteiger charge is -2.32. The van der Waals surface area contributed by atoms with Crippen LogP contribution in [0.1, 0.15) is 25.3 Å². The molecule has 13 heteroatoms. The molecule has 35 heavy (non-hydrogen) atoms. The Labute approximate surface area is 210 Å². The largest absolute Gasteiger partial charge is 0.468 e. The van der Waals surface area contributed by atoms with E-state index in [2.05, 4.69) is 25.5 Å². The fourth-order valence-corrected chi connectivity index (χ4v) is 4.21. The first-order chi connectivity index (χ1) is 16.8. The first kappa shape index (κ1) is 26.5. The Balaban J connectivity index is 1.95. The lowest BCUT2D eigenvalue weighted by atomic mass is 9.75. The topological polar surface area (TPSA) is 148 Å². The molecule has 0 saturated carbocycles. The van der Waals surface area contributed by atoms with Gasteiger partial charge >= 0.3 is 17.6 Å². The van der Waals surface area contributed by atoms with Gasteiger partial charge in [0.2, 0.25) is 5.95 Å². The van der Waals surface area contributed by atoms with E-state index >= 15 is 0 Å². The standard InChI is InChI=1S/C22H25Cl2N5O6/c1-4-35-20(31)17-14(10-34-9-8-25-21-27-22(32)29-28-21)26-11(2)15(19(30)33-3)16(17)12-6-5-7-13(23)18(12)24/h5-7,15-16H,4,8-10H2,1-3H3,(H3,25,27,28,29,32). The molecule has 0 spiro atoms. The Morgan fingerprint density at radius 1 is 1.26 bits per heavy atom. The SMILES string of the molecule is CCOC(=O)C1=C(COCCNc2n[nH]c(=O)[nH]2)N=C(C)C(C(=O)OC)C1c1cccc(Cl)c1Cl. The maximum atomic E-state index is 13.1. The molecule has 1 aliphatic heterocycles. The number of carbonyl (C=O) groups is 2. The Kier molecular flexibility index (Phi) is 9.07. The van der Waals surface area contributed by atoms with E-state index in [1.165, 1.54) is 7.11 Å². The third-order valence-corrected chi connectivity index (χ3v) is 6.10. The number of ether oxygens (including phenoxy) is 3. The molecule has 2 aromatic rings. The maximum absolute atomic E-state index is 13.1. The summed E-state index contributed by atoms with van der Waals surface area (Å²) >= 11 is 12.8. The first-order valence-corrected chi connectivity index (χ1v) is 11.5. The molecular formula is C22H25Cl2N5O6. The minimum Gasteiger partial charge on any atom is -0.468 e. The van der Waals surface area contributed by atoms with Gasteiger partial charge in [-0.25, -0.2) is 14.7 Å². The molecule has 2 unspecified atom stereocenters. The van der Waals surface area contributed by atoms with Crippen LogP contribution in [0.25, 0.3) is 0 Å². The monoisotopic (exact) mass is 525 g/mol. The highest BCUT2D eigenvalue weighted by atomic mass is 35.5. The van der Waals surface area contributed by atoms with Gasteiger partial charge in [0, 0.05) is 18.2 Å². The van der Waals surface area contributed by atoms with Crippen LogP contribution in [0.2, 0.25) is 10.0 Å². The van der Waals surface area contributed by atoms with Crippen molar-refractivity contribution < 1.29 is 23.8 Å². The third kappa shape index (κ3) is 6.11. The molecule has 2 heterocycles. The molecule has 2 atom stereocenters. The van der Waals surface area contributed by atoms with Crippen molar-refractivity contribution in [2.24, 2.45) is 10.9 Å². The van der Waals surface area contributed by atoms with Gasteiger partial charge in [-0.1, -0.05) is 35.3 Å². The molecule has 188 valence electrons. The molecule has 0 aliphatic carbocycles. The normalized spacial score (nSPS) is 17.7. The summed E-state index contributed by atoms with van der Waals surface area (Å²) in [7, 11) is 1.26. The molecule has 1 aromatic carbocycles. The molecule has 11 nitrogen and oxygen atoms in total. The van der Waals surface area contributed by atoms with E-state index in [4.69, 9.17) is 37.4 Å². The second-order valence-electron chi connectivity index (χ2n) is 7.46. The van der Waals surface area contributed by atoms with Gasteiger partial charge in [0.1, 0.15) is 5.92 Å². The number of H-pyrrole nitrogens is 2. The van der Waals surface area contributed by atoms with E-state index in [0.717, 1.165) is 0 Å². The molecule has 1 aliphatic rings. The number of esters is 2. The number of nitrogens with zero attached hydrogens (tertiary/aromatic N) is 2. The Morgan fingerprint density at radius 3 is 2.69 bits per heavy atom. The minimum absolute atomic E-state index is 0.0488. The second kappa shape index (κ2) is 12.0. The van der Waals surface area contributed by atoms with E-state index in [0.29, 0.717) is 23.5 Å².